The zero-order valence-corrected chi connectivity index (χ0v) is 8.66. The summed E-state index contributed by atoms with van der Waals surface area (Å²) in [6.45, 7) is 4.76. The van der Waals surface area contributed by atoms with Gasteiger partial charge in [-0.1, -0.05) is 26.0 Å². The van der Waals surface area contributed by atoms with Gasteiger partial charge in [0.2, 0.25) is 0 Å². The minimum atomic E-state index is 0.436. The summed E-state index contributed by atoms with van der Waals surface area (Å²) in [6, 6.07) is 10.1. The van der Waals surface area contributed by atoms with Crippen molar-refractivity contribution in [1.29, 1.82) is 5.26 Å². The third-order valence-corrected chi connectivity index (χ3v) is 2.01. The molecule has 0 fully saturated rings. The molecule has 2 heteroatoms. The van der Waals surface area contributed by atoms with Crippen LogP contribution in [0.1, 0.15) is 31.7 Å². The van der Waals surface area contributed by atoms with Gasteiger partial charge in [0.15, 0.2) is 0 Å². The first-order valence-electron chi connectivity index (χ1n) is 4.83. The van der Waals surface area contributed by atoms with Crippen molar-refractivity contribution in [1.82, 2.24) is 0 Å². The first-order valence-corrected chi connectivity index (χ1v) is 4.83. The molecular formula is C12H15NO. The van der Waals surface area contributed by atoms with Gasteiger partial charge < -0.3 is 4.74 Å². The largest absolute Gasteiger partial charge is 0.493 e. The summed E-state index contributed by atoms with van der Waals surface area (Å²) in [5, 5.41) is 8.36. The van der Waals surface area contributed by atoms with E-state index in [4.69, 9.17) is 10.00 Å². The molecule has 0 unspecified atom stereocenters. The first-order chi connectivity index (χ1) is 6.74. The molecule has 0 aromatic heterocycles. The Morgan fingerprint density at radius 1 is 1.43 bits per heavy atom. The smallest absolute Gasteiger partial charge is 0.119 e. The normalized spacial score (nSPS) is 9.86. The Morgan fingerprint density at radius 2 is 2.21 bits per heavy atom. The van der Waals surface area contributed by atoms with E-state index in [1.54, 1.807) is 0 Å². The summed E-state index contributed by atoms with van der Waals surface area (Å²) >= 11 is 0. The van der Waals surface area contributed by atoms with Crippen LogP contribution in [0.2, 0.25) is 0 Å². The maximum atomic E-state index is 8.36. The Labute approximate surface area is 85.1 Å². The second-order valence-electron chi connectivity index (χ2n) is 3.48. The zero-order chi connectivity index (χ0) is 10.4. The summed E-state index contributed by atoms with van der Waals surface area (Å²) in [5.41, 5.74) is 1.26. The fourth-order valence-corrected chi connectivity index (χ4v) is 1.18. The maximum Gasteiger partial charge on any atom is 0.119 e. The molecule has 0 amide bonds. The fourth-order valence-electron chi connectivity index (χ4n) is 1.18. The summed E-state index contributed by atoms with van der Waals surface area (Å²) in [7, 11) is 0. The highest BCUT2D eigenvalue weighted by Gasteiger charge is 2.00. The number of hydrogen-bond donors (Lipinski definition) is 0. The average Bonchev–Trinajstić information content (AvgIpc) is 2.19. The quantitative estimate of drug-likeness (QED) is 0.682. The summed E-state index contributed by atoms with van der Waals surface area (Å²) in [4.78, 5) is 0. The lowest BCUT2D eigenvalue weighted by molar-refractivity contribution is 0.326. The van der Waals surface area contributed by atoms with Gasteiger partial charge in [0.05, 0.1) is 12.5 Å². The van der Waals surface area contributed by atoms with Crippen LogP contribution in [0.25, 0.3) is 0 Å². The summed E-state index contributed by atoms with van der Waals surface area (Å²) < 4.78 is 5.41. The van der Waals surface area contributed by atoms with Gasteiger partial charge in [0, 0.05) is 0 Å². The van der Waals surface area contributed by atoms with Gasteiger partial charge in [-0.3, -0.25) is 0 Å². The van der Waals surface area contributed by atoms with Crippen LogP contribution in [0.15, 0.2) is 24.3 Å². The molecular weight excluding hydrogens is 174 g/mol. The Bertz CT molecular complexity index is 325. The van der Waals surface area contributed by atoms with E-state index < -0.39 is 0 Å². The molecule has 0 bridgehead atoms. The minimum Gasteiger partial charge on any atom is -0.493 e. The third kappa shape index (κ3) is 3.10. The number of nitriles is 1. The van der Waals surface area contributed by atoms with E-state index in [9.17, 15) is 0 Å². The molecule has 0 saturated carbocycles. The van der Waals surface area contributed by atoms with Crippen LogP contribution in [0.5, 0.6) is 5.75 Å². The van der Waals surface area contributed by atoms with E-state index in [2.05, 4.69) is 26.0 Å². The molecule has 0 saturated heterocycles. The molecule has 14 heavy (non-hydrogen) atoms. The van der Waals surface area contributed by atoms with Gasteiger partial charge in [-0.15, -0.1) is 0 Å². The molecule has 2 nitrogen and oxygen atoms in total. The highest BCUT2D eigenvalue weighted by molar-refractivity contribution is 5.30. The Balaban J connectivity index is 2.60. The molecule has 0 radical (unpaired) electrons. The molecule has 1 rings (SSSR count). The topological polar surface area (TPSA) is 33.0 Å². The fraction of sp³-hybridized carbons (Fsp3) is 0.417. The number of nitrogens with zero attached hydrogens (tertiary/aromatic N) is 1. The molecule has 0 aliphatic rings. The number of rotatable bonds is 4. The van der Waals surface area contributed by atoms with Crippen LogP contribution < -0.4 is 4.74 Å². The van der Waals surface area contributed by atoms with E-state index >= 15 is 0 Å². The standard InChI is InChI=1S/C12H15NO/c1-10(2)11-5-3-6-12(9-11)14-8-4-7-13/h3,5-6,9-10H,4,8H2,1-2H3. The monoisotopic (exact) mass is 189 g/mol. The van der Waals surface area contributed by atoms with Crippen molar-refractivity contribution >= 4 is 0 Å². The molecule has 1 aromatic rings. The molecule has 0 N–H and O–H groups in total. The predicted octanol–water partition coefficient (Wildman–Crippen LogP) is 3.10. The van der Waals surface area contributed by atoms with E-state index in [1.807, 2.05) is 18.2 Å². The summed E-state index contributed by atoms with van der Waals surface area (Å²) in [6.07, 6.45) is 0.436. The van der Waals surface area contributed by atoms with Gasteiger partial charge in [0.25, 0.3) is 0 Å². The molecule has 74 valence electrons. The number of ether oxygens (including phenoxy) is 1. The van der Waals surface area contributed by atoms with Crippen molar-refractivity contribution in [3.05, 3.63) is 29.8 Å². The Hall–Kier alpha value is -1.49. The van der Waals surface area contributed by atoms with Crippen molar-refractivity contribution in [2.24, 2.45) is 0 Å². The maximum absolute atomic E-state index is 8.36. The lowest BCUT2D eigenvalue weighted by Gasteiger charge is -2.08. The van der Waals surface area contributed by atoms with Crippen molar-refractivity contribution in [3.8, 4) is 11.8 Å². The minimum absolute atomic E-state index is 0.436. The molecule has 0 heterocycles. The van der Waals surface area contributed by atoms with E-state index in [-0.39, 0.29) is 0 Å². The van der Waals surface area contributed by atoms with Gasteiger partial charge in [-0.25, -0.2) is 0 Å². The van der Waals surface area contributed by atoms with Crippen LogP contribution in [0.4, 0.5) is 0 Å². The van der Waals surface area contributed by atoms with Crippen molar-refractivity contribution in [2.75, 3.05) is 6.61 Å². The van der Waals surface area contributed by atoms with Crippen LogP contribution >= 0.6 is 0 Å². The molecule has 0 atom stereocenters. The van der Waals surface area contributed by atoms with Crippen LogP contribution in [0, 0.1) is 11.3 Å². The third-order valence-electron chi connectivity index (χ3n) is 2.01. The average molecular weight is 189 g/mol. The van der Waals surface area contributed by atoms with Crippen molar-refractivity contribution in [2.45, 2.75) is 26.2 Å². The lowest BCUT2D eigenvalue weighted by atomic mass is 10.0. The molecule has 1 aromatic carbocycles. The Morgan fingerprint density at radius 3 is 2.86 bits per heavy atom. The number of benzene rings is 1. The molecule has 0 aliphatic heterocycles. The SMILES string of the molecule is CC(C)c1cccc(OCCC#N)c1. The second-order valence-corrected chi connectivity index (χ2v) is 3.48. The van der Waals surface area contributed by atoms with Crippen molar-refractivity contribution in [3.63, 3.8) is 0 Å². The van der Waals surface area contributed by atoms with Crippen molar-refractivity contribution < 1.29 is 4.74 Å². The van der Waals surface area contributed by atoms with Crippen LogP contribution in [0.3, 0.4) is 0 Å². The van der Waals surface area contributed by atoms with E-state index in [0.717, 1.165) is 5.75 Å². The van der Waals surface area contributed by atoms with Gasteiger partial charge in [0.1, 0.15) is 12.4 Å². The zero-order valence-electron chi connectivity index (χ0n) is 8.66. The van der Waals surface area contributed by atoms with E-state index in [1.165, 1.54) is 5.56 Å². The summed E-state index contributed by atoms with van der Waals surface area (Å²) in [5.74, 6) is 1.36. The lowest BCUT2D eigenvalue weighted by Crippen LogP contribution is -1.96. The van der Waals surface area contributed by atoms with Gasteiger partial charge >= 0.3 is 0 Å². The highest BCUT2D eigenvalue weighted by atomic mass is 16.5. The first kappa shape index (κ1) is 10.6. The Kier molecular flexibility index (Phi) is 4.00. The number of hydrogen-bond acceptors (Lipinski definition) is 2. The van der Waals surface area contributed by atoms with Crippen LogP contribution in [-0.2, 0) is 0 Å². The molecule has 0 spiro atoms. The highest BCUT2D eigenvalue weighted by Crippen LogP contribution is 2.19. The predicted molar refractivity (Wildman–Crippen MR) is 56.3 cm³/mol. The van der Waals surface area contributed by atoms with Crippen LogP contribution in [-0.4, -0.2) is 6.61 Å². The molecule has 0 aliphatic carbocycles. The van der Waals surface area contributed by atoms with Gasteiger partial charge in [-0.2, -0.15) is 5.26 Å². The van der Waals surface area contributed by atoms with Gasteiger partial charge in [-0.05, 0) is 23.6 Å². The van der Waals surface area contributed by atoms with E-state index in [0.29, 0.717) is 18.9 Å². The second kappa shape index (κ2) is 5.29.